The molecule has 2 amide bonds. The Kier molecular flexibility index (Phi) is 6.99. The van der Waals surface area contributed by atoms with E-state index in [0.717, 1.165) is 10.0 Å². The summed E-state index contributed by atoms with van der Waals surface area (Å²) in [5.74, 6) is -0.842. The summed E-state index contributed by atoms with van der Waals surface area (Å²) in [6.07, 6.45) is 1.40. The van der Waals surface area contributed by atoms with Crippen LogP contribution < -0.4 is 15.5 Å². The van der Waals surface area contributed by atoms with E-state index >= 15 is 0 Å². The zero-order valence-electron chi connectivity index (χ0n) is 13.6. The van der Waals surface area contributed by atoms with Crippen molar-refractivity contribution in [2.45, 2.75) is 6.92 Å². The molecule has 2 aromatic carbocycles. The number of carbonyl (C=O) groups excluding carboxylic acids is 1. The van der Waals surface area contributed by atoms with Crippen LogP contribution in [0.4, 0.5) is 10.5 Å². The number of aliphatic carboxylic acids is 1. The molecule has 9 heteroatoms. The Morgan fingerprint density at radius 2 is 2.08 bits per heavy atom. The van der Waals surface area contributed by atoms with Gasteiger partial charge < -0.3 is 15.2 Å². The normalized spacial score (nSPS) is 10.6. The third-order valence-electron chi connectivity index (χ3n) is 3.10. The maximum absolute atomic E-state index is 11.8. The highest BCUT2D eigenvalue weighted by atomic mass is 79.9. The number of urea groups is 1. The standard InChI is InChI=1S/C17H15BrClN3O4/c1-10-6-12(3-4-13(10)18)21-17(25)22-20-8-11-2-5-15(14(19)7-11)26-9-16(23)24/h2-8H,9H2,1H3,(H,23,24)(H2,21,22,25)/b20-8+. The van der Waals surface area contributed by atoms with Crippen LogP contribution in [-0.4, -0.2) is 29.9 Å². The van der Waals surface area contributed by atoms with Crippen molar-refractivity contribution in [2.75, 3.05) is 11.9 Å². The molecule has 0 spiro atoms. The molecule has 0 saturated heterocycles. The fourth-order valence-corrected chi connectivity index (χ4v) is 2.39. The Morgan fingerprint density at radius 1 is 1.31 bits per heavy atom. The summed E-state index contributed by atoms with van der Waals surface area (Å²) in [4.78, 5) is 22.3. The smallest absolute Gasteiger partial charge is 0.341 e. The van der Waals surface area contributed by atoms with E-state index in [1.54, 1.807) is 18.2 Å². The van der Waals surface area contributed by atoms with Crippen LogP contribution in [0.3, 0.4) is 0 Å². The number of aryl methyl sites for hydroxylation is 1. The van der Waals surface area contributed by atoms with Gasteiger partial charge >= 0.3 is 12.0 Å². The molecule has 0 radical (unpaired) electrons. The van der Waals surface area contributed by atoms with Crippen LogP contribution in [0, 0.1) is 6.92 Å². The van der Waals surface area contributed by atoms with Crippen LogP contribution in [0.5, 0.6) is 5.75 Å². The van der Waals surface area contributed by atoms with Gasteiger partial charge in [0.2, 0.25) is 0 Å². The molecule has 0 unspecified atom stereocenters. The Labute approximate surface area is 163 Å². The van der Waals surface area contributed by atoms with Gasteiger partial charge in [-0.05, 0) is 54.4 Å². The second kappa shape index (κ2) is 9.21. The lowest BCUT2D eigenvalue weighted by molar-refractivity contribution is -0.139. The Balaban J connectivity index is 1.90. The lowest BCUT2D eigenvalue weighted by atomic mass is 10.2. The molecule has 3 N–H and O–H groups in total. The second-order valence-corrected chi connectivity index (χ2v) is 6.42. The molecule has 0 aliphatic heterocycles. The number of carbonyl (C=O) groups is 2. The highest BCUT2D eigenvalue weighted by molar-refractivity contribution is 9.10. The highest BCUT2D eigenvalue weighted by Gasteiger charge is 2.05. The number of nitrogens with one attached hydrogen (secondary N) is 2. The summed E-state index contributed by atoms with van der Waals surface area (Å²) in [5, 5.41) is 15.3. The molecule has 0 aliphatic carbocycles. The number of rotatable bonds is 6. The first-order valence-corrected chi connectivity index (χ1v) is 8.52. The summed E-state index contributed by atoms with van der Waals surface area (Å²) in [7, 11) is 0. The summed E-state index contributed by atoms with van der Waals surface area (Å²) >= 11 is 9.40. The van der Waals surface area contributed by atoms with Crippen LogP contribution in [0.15, 0.2) is 46.0 Å². The number of benzene rings is 2. The lowest BCUT2D eigenvalue weighted by Crippen LogP contribution is -2.24. The first kappa shape index (κ1) is 19.7. The van der Waals surface area contributed by atoms with E-state index in [1.165, 1.54) is 12.3 Å². The van der Waals surface area contributed by atoms with Crippen LogP contribution >= 0.6 is 27.5 Å². The maximum Gasteiger partial charge on any atom is 0.341 e. The molecule has 0 heterocycles. The zero-order chi connectivity index (χ0) is 19.1. The quantitative estimate of drug-likeness (QED) is 0.466. The second-order valence-electron chi connectivity index (χ2n) is 5.16. The number of anilines is 1. The highest BCUT2D eigenvalue weighted by Crippen LogP contribution is 2.24. The van der Waals surface area contributed by atoms with E-state index in [1.807, 2.05) is 19.1 Å². The summed E-state index contributed by atoms with van der Waals surface area (Å²) < 4.78 is 5.97. The fraction of sp³-hybridized carbons (Fsp3) is 0.118. The third-order valence-corrected chi connectivity index (χ3v) is 4.29. The number of halogens is 2. The molecule has 2 rings (SSSR count). The van der Waals surface area contributed by atoms with E-state index < -0.39 is 18.6 Å². The number of carboxylic acid groups (broad SMARTS) is 1. The van der Waals surface area contributed by atoms with Crippen molar-refractivity contribution < 1.29 is 19.4 Å². The molecule has 0 saturated carbocycles. The van der Waals surface area contributed by atoms with Crippen LogP contribution in [0.2, 0.25) is 5.02 Å². The topological polar surface area (TPSA) is 100 Å². The number of hydrazone groups is 1. The van der Waals surface area contributed by atoms with Gasteiger partial charge in [0.15, 0.2) is 6.61 Å². The molecule has 2 aromatic rings. The van der Waals surface area contributed by atoms with Crippen molar-refractivity contribution in [3.05, 3.63) is 57.0 Å². The first-order valence-electron chi connectivity index (χ1n) is 7.35. The van der Waals surface area contributed by atoms with Crippen molar-refractivity contribution in [3.63, 3.8) is 0 Å². The van der Waals surface area contributed by atoms with Gasteiger partial charge in [0.25, 0.3) is 0 Å². The van der Waals surface area contributed by atoms with Gasteiger partial charge in [-0.15, -0.1) is 0 Å². The number of ether oxygens (including phenoxy) is 1. The van der Waals surface area contributed by atoms with Gasteiger partial charge in [-0.25, -0.2) is 15.0 Å². The minimum atomic E-state index is -1.09. The van der Waals surface area contributed by atoms with E-state index in [9.17, 15) is 9.59 Å². The van der Waals surface area contributed by atoms with Crippen molar-refractivity contribution in [1.82, 2.24) is 5.43 Å². The van der Waals surface area contributed by atoms with Gasteiger partial charge in [-0.3, -0.25) is 0 Å². The molecule has 0 aromatic heterocycles. The molecular weight excluding hydrogens is 426 g/mol. The largest absolute Gasteiger partial charge is 0.480 e. The van der Waals surface area contributed by atoms with Gasteiger partial charge in [-0.2, -0.15) is 5.10 Å². The molecule has 136 valence electrons. The van der Waals surface area contributed by atoms with Crippen LogP contribution in [0.25, 0.3) is 0 Å². The summed E-state index contributed by atoms with van der Waals surface area (Å²) in [5.41, 5.74) is 4.58. The van der Waals surface area contributed by atoms with Gasteiger partial charge in [-0.1, -0.05) is 27.5 Å². The SMILES string of the molecule is Cc1cc(NC(=O)N/N=C/c2ccc(OCC(=O)O)c(Cl)c2)ccc1Br. The maximum atomic E-state index is 11.8. The van der Waals surface area contributed by atoms with Crippen molar-refractivity contribution in [3.8, 4) is 5.75 Å². The average molecular weight is 441 g/mol. The van der Waals surface area contributed by atoms with Crippen LogP contribution in [-0.2, 0) is 4.79 Å². The molecule has 7 nitrogen and oxygen atoms in total. The lowest BCUT2D eigenvalue weighted by Gasteiger charge is -2.07. The predicted molar refractivity (Wildman–Crippen MR) is 103 cm³/mol. The Hall–Kier alpha value is -2.58. The molecule has 26 heavy (non-hydrogen) atoms. The van der Waals surface area contributed by atoms with Crippen molar-refractivity contribution in [1.29, 1.82) is 0 Å². The monoisotopic (exact) mass is 439 g/mol. The number of hydrogen-bond donors (Lipinski definition) is 3. The minimum Gasteiger partial charge on any atom is -0.480 e. The molecule has 0 bridgehead atoms. The van der Waals surface area contributed by atoms with Crippen molar-refractivity contribution >= 4 is 51.4 Å². The minimum absolute atomic E-state index is 0.241. The van der Waals surface area contributed by atoms with Crippen molar-refractivity contribution in [2.24, 2.45) is 5.10 Å². The van der Waals surface area contributed by atoms with Gasteiger partial charge in [0.1, 0.15) is 5.75 Å². The average Bonchev–Trinajstić information content (AvgIpc) is 2.57. The van der Waals surface area contributed by atoms with E-state index in [0.29, 0.717) is 11.3 Å². The predicted octanol–water partition coefficient (Wildman–Crippen LogP) is 4.03. The Bertz CT molecular complexity index is 858. The third kappa shape index (κ3) is 6.05. The van der Waals surface area contributed by atoms with Crippen LogP contribution in [0.1, 0.15) is 11.1 Å². The van der Waals surface area contributed by atoms with E-state index in [4.69, 9.17) is 21.4 Å². The number of nitrogens with zero attached hydrogens (tertiary/aromatic N) is 1. The summed E-state index contributed by atoms with van der Waals surface area (Å²) in [6, 6.07) is 9.63. The molecule has 0 fully saturated rings. The molecule has 0 atom stereocenters. The zero-order valence-corrected chi connectivity index (χ0v) is 16.0. The van der Waals surface area contributed by atoms with E-state index in [2.05, 4.69) is 31.8 Å². The molecular formula is C17H15BrClN3O4. The summed E-state index contributed by atoms with van der Waals surface area (Å²) in [6.45, 7) is 1.43. The number of hydrogen-bond acceptors (Lipinski definition) is 4. The van der Waals surface area contributed by atoms with E-state index in [-0.39, 0.29) is 10.8 Å². The van der Waals surface area contributed by atoms with Gasteiger partial charge in [0, 0.05) is 10.2 Å². The number of amides is 2. The fourth-order valence-electron chi connectivity index (χ4n) is 1.90. The van der Waals surface area contributed by atoms with Gasteiger partial charge in [0.05, 0.1) is 11.2 Å². The molecule has 0 aliphatic rings. The number of carboxylic acids is 1. The first-order chi connectivity index (χ1) is 12.3. The Morgan fingerprint density at radius 3 is 2.73 bits per heavy atom.